The molecule has 6 heteroatoms. The van der Waals surface area contributed by atoms with E-state index in [0.29, 0.717) is 11.6 Å². The maximum absolute atomic E-state index is 11.7. The molecule has 114 valence electrons. The number of imide groups is 1. The summed E-state index contributed by atoms with van der Waals surface area (Å²) in [6.45, 7) is 5.69. The number of benzene rings is 1. The number of carbonyl (C=O) groups excluding carboxylic acids is 2. The molecule has 0 aromatic heterocycles. The Morgan fingerprint density at radius 1 is 1.43 bits per heavy atom. The van der Waals surface area contributed by atoms with Gasteiger partial charge in [-0.25, -0.2) is 0 Å². The summed E-state index contributed by atoms with van der Waals surface area (Å²) in [5.41, 5.74) is 1.80. The summed E-state index contributed by atoms with van der Waals surface area (Å²) >= 11 is 6.30. The molecule has 1 saturated heterocycles. The summed E-state index contributed by atoms with van der Waals surface area (Å²) in [7, 11) is 0. The number of anilines is 1. The van der Waals surface area contributed by atoms with Gasteiger partial charge in [-0.15, -0.1) is 0 Å². The largest absolute Gasteiger partial charge is 0.350 e. The lowest BCUT2D eigenvalue weighted by Gasteiger charge is -2.33. The minimum absolute atomic E-state index is 0.163. The van der Waals surface area contributed by atoms with Gasteiger partial charge < -0.3 is 10.2 Å². The van der Waals surface area contributed by atoms with E-state index in [4.69, 9.17) is 11.6 Å². The van der Waals surface area contributed by atoms with Gasteiger partial charge in [-0.3, -0.25) is 14.9 Å². The molecule has 0 radical (unpaired) electrons. The minimum Gasteiger partial charge on any atom is -0.350 e. The summed E-state index contributed by atoms with van der Waals surface area (Å²) in [5.74, 6) is -0.570. The normalized spacial score (nSPS) is 18.8. The first-order valence-corrected chi connectivity index (χ1v) is 7.50. The van der Waals surface area contributed by atoms with E-state index in [-0.39, 0.29) is 24.4 Å². The monoisotopic (exact) mass is 309 g/mol. The van der Waals surface area contributed by atoms with Crippen LogP contribution in [0.2, 0.25) is 5.02 Å². The van der Waals surface area contributed by atoms with Gasteiger partial charge in [-0.05, 0) is 37.6 Å². The predicted octanol–water partition coefficient (Wildman–Crippen LogP) is 1.69. The van der Waals surface area contributed by atoms with E-state index >= 15 is 0 Å². The molecule has 0 aliphatic carbocycles. The van der Waals surface area contributed by atoms with Crippen molar-refractivity contribution in [2.24, 2.45) is 0 Å². The van der Waals surface area contributed by atoms with Crippen molar-refractivity contribution in [3.8, 4) is 0 Å². The topological polar surface area (TPSA) is 61.4 Å². The Bertz CT molecular complexity index is 548. The third-order valence-electron chi connectivity index (χ3n) is 3.53. The van der Waals surface area contributed by atoms with Crippen LogP contribution in [0.25, 0.3) is 0 Å². The molecule has 0 spiro atoms. The van der Waals surface area contributed by atoms with Crippen molar-refractivity contribution in [1.29, 1.82) is 0 Å². The second-order valence-corrected chi connectivity index (χ2v) is 5.58. The van der Waals surface area contributed by atoms with Crippen molar-refractivity contribution in [3.63, 3.8) is 0 Å². The highest BCUT2D eigenvalue weighted by Crippen LogP contribution is 2.26. The average Bonchev–Trinajstić information content (AvgIpc) is 2.44. The van der Waals surface area contributed by atoms with Crippen LogP contribution in [-0.4, -0.2) is 30.9 Å². The van der Waals surface area contributed by atoms with Gasteiger partial charge in [0, 0.05) is 17.3 Å². The molecule has 2 N–H and O–H groups in total. The van der Waals surface area contributed by atoms with Crippen LogP contribution < -0.4 is 15.5 Å². The molecular weight excluding hydrogens is 290 g/mol. The zero-order chi connectivity index (χ0) is 15.4. The van der Waals surface area contributed by atoms with Crippen molar-refractivity contribution in [2.45, 2.75) is 32.9 Å². The second-order valence-electron chi connectivity index (χ2n) is 5.17. The lowest BCUT2D eigenvalue weighted by Crippen LogP contribution is -2.57. The molecule has 0 saturated carbocycles. The molecule has 21 heavy (non-hydrogen) atoms. The molecule has 0 bridgehead atoms. The van der Waals surface area contributed by atoms with E-state index in [1.165, 1.54) is 0 Å². The van der Waals surface area contributed by atoms with Gasteiger partial charge in [0.2, 0.25) is 11.8 Å². The molecule has 1 aromatic carbocycles. The summed E-state index contributed by atoms with van der Waals surface area (Å²) < 4.78 is 0. The zero-order valence-electron chi connectivity index (χ0n) is 12.3. The molecule has 1 heterocycles. The molecule has 2 amide bonds. The highest BCUT2D eigenvalue weighted by Gasteiger charge is 2.30. The highest BCUT2D eigenvalue weighted by atomic mass is 35.5. The third-order valence-corrected chi connectivity index (χ3v) is 3.89. The van der Waals surface area contributed by atoms with Crippen molar-refractivity contribution >= 4 is 29.1 Å². The van der Waals surface area contributed by atoms with Gasteiger partial charge in [0.25, 0.3) is 0 Å². The lowest BCUT2D eigenvalue weighted by atomic mass is 10.1. The summed E-state index contributed by atoms with van der Waals surface area (Å²) in [6.07, 6.45) is 1.07. The Morgan fingerprint density at radius 2 is 2.19 bits per heavy atom. The van der Waals surface area contributed by atoms with Crippen LogP contribution in [0.1, 0.15) is 25.8 Å². The number of rotatable bonds is 5. The molecule has 5 nitrogen and oxygen atoms in total. The second kappa shape index (κ2) is 6.91. The Morgan fingerprint density at radius 3 is 2.86 bits per heavy atom. The SMILES string of the molecule is CCCNCc1ccc(N2CC(=O)NC(=O)C2C)cc1Cl. The number of hydrogen-bond donors (Lipinski definition) is 2. The van der Waals surface area contributed by atoms with Gasteiger partial charge in [0.15, 0.2) is 0 Å². The van der Waals surface area contributed by atoms with Gasteiger partial charge in [-0.2, -0.15) is 0 Å². The summed E-state index contributed by atoms with van der Waals surface area (Å²) in [6, 6.07) is 5.26. The standard InChI is InChI=1S/C15H20ClN3O2/c1-3-6-17-8-11-4-5-12(7-13(11)16)19-9-14(20)18-15(21)10(19)2/h4-5,7,10,17H,3,6,8-9H2,1-2H3,(H,18,20,21). The van der Waals surface area contributed by atoms with Crippen LogP contribution in [0.3, 0.4) is 0 Å². The number of carbonyl (C=O) groups is 2. The number of piperazine rings is 1. The average molecular weight is 310 g/mol. The summed E-state index contributed by atoms with van der Waals surface area (Å²) in [5, 5.41) is 6.26. The number of halogens is 1. The van der Waals surface area contributed by atoms with E-state index in [1.807, 2.05) is 18.2 Å². The maximum Gasteiger partial charge on any atom is 0.249 e. The van der Waals surface area contributed by atoms with Crippen LogP contribution in [0.5, 0.6) is 0 Å². The van der Waals surface area contributed by atoms with Crippen molar-refractivity contribution in [3.05, 3.63) is 28.8 Å². The van der Waals surface area contributed by atoms with Crippen LogP contribution in [0.4, 0.5) is 5.69 Å². The molecule has 2 rings (SSSR count). The van der Waals surface area contributed by atoms with Crippen molar-refractivity contribution in [1.82, 2.24) is 10.6 Å². The molecule has 1 unspecified atom stereocenters. The fourth-order valence-corrected chi connectivity index (χ4v) is 2.53. The van der Waals surface area contributed by atoms with Crippen LogP contribution in [0.15, 0.2) is 18.2 Å². The number of nitrogens with zero attached hydrogens (tertiary/aromatic N) is 1. The van der Waals surface area contributed by atoms with Crippen molar-refractivity contribution in [2.75, 3.05) is 18.0 Å². The molecule has 1 atom stereocenters. The maximum atomic E-state index is 11.7. The van der Waals surface area contributed by atoms with E-state index < -0.39 is 0 Å². The first-order valence-electron chi connectivity index (χ1n) is 7.12. The fraction of sp³-hybridized carbons (Fsp3) is 0.467. The Labute approximate surface area is 129 Å². The predicted molar refractivity (Wildman–Crippen MR) is 83.4 cm³/mol. The van der Waals surface area contributed by atoms with E-state index in [9.17, 15) is 9.59 Å². The van der Waals surface area contributed by atoms with E-state index in [0.717, 1.165) is 24.2 Å². The van der Waals surface area contributed by atoms with E-state index in [2.05, 4.69) is 17.6 Å². The lowest BCUT2D eigenvalue weighted by molar-refractivity contribution is -0.132. The molecular formula is C15H20ClN3O2. The quantitative estimate of drug-likeness (QED) is 0.642. The Hall–Kier alpha value is -1.59. The molecule has 1 aromatic rings. The molecule has 1 aliphatic rings. The number of nitrogens with one attached hydrogen (secondary N) is 2. The Kier molecular flexibility index (Phi) is 5.20. The summed E-state index contributed by atoms with van der Waals surface area (Å²) in [4.78, 5) is 25.0. The third kappa shape index (κ3) is 3.74. The van der Waals surface area contributed by atoms with Crippen LogP contribution in [0, 0.1) is 0 Å². The molecule has 1 fully saturated rings. The first-order chi connectivity index (χ1) is 10.0. The fourth-order valence-electron chi connectivity index (χ4n) is 2.29. The molecule has 1 aliphatic heterocycles. The smallest absolute Gasteiger partial charge is 0.249 e. The Balaban J connectivity index is 2.15. The zero-order valence-corrected chi connectivity index (χ0v) is 13.0. The van der Waals surface area contributed by atoms with Crippen LogP contribution in [-0.2, 0) is 16.1 Å². The highest BCUT2D eigenvalue weighted by molar-refractivity contribution is 6.31. The first kappa shape index (κ1) is 15.8. The van der Waals surface area contributed by atoms with Gasteiger partial charge >= 0.3 is 0 Å². The van der Waals surface area contributed by atoms with Crippen molar-refractivity contribution < 1.29 is 9.59 Å². The van der Waals surface area contributed by atoms with Crippen LogP contribution >= 0.6 is 11.6 Å². The van der Waals surface area contributed by atoms with E-state index in [1.54, 1.807) is 11.8 Å². The number of hydrogen-bond acceptors (Lipinski definition) is 4. The van der Waals surface area contributed by atoms with Gasteiger partial charge in [0.05, 0.1) is 6.54 Å². The van der Waals surface area contributed by atoms with Gasteiger partial charge in [-0.1, -0.05) is 24.6 Å². The number of amides is 2. The van der Waals surface area contributed by atoms with Gasteiger partial charge in [0.1, 0.15) is 6.04 Å². The minimum atomic E-state index is -0.386.